The van der Waals surface area contributed by atoms with E-state index >= 15 is 0 Å². The lowest BCUT2D eigenvalue weighted by molar-refractivity contribution is 0.548. The van der Waals surface area contributed by atoms with E-state index in [1.807, 2.05) is 43.3 Å². The van der Waals surface area contributed by atoms with Crippen LogP contribution < -0.4 is 0 Å². The lowest BCUT2D eigenvalue weighted by atomic mass is 10.1. The third kappa shape index (κ3) is 4.64. The molecule has 1 unspecified atom stereocenters. The zero-order valence-electron chi connectivity index (χ0n) is 16.8. The minimum absolute atomic E-state index is 0.382. The van der Waals surface area contributed by atoms with Crippen LogP contribution in [0.25, 0.3) is 10.9 Å². The molecule has 28 heavy (non-hydrogen) atoms. The highest BCUT2D eigenvalue weighted by Gasteiger charge is 2.31. The summed E-state index contributed by atoms with van der Waals surface area (Å²) >= 11 is 0. The predicted molar refractivity (Wildman–Crippen MR) is 115 cm³/mol. The fraction of sp³-hybridized carbons (Fsp3) is 0.435. The molecule has 0 radical (unpaired) electrons. The van der Waals surface area contributed by atoms with E-state index in [0.29, 0.717) is 17.0 Å². The van der Waals surface area contributed by atoms with Gasteiger partial charge in [0, 0.05) is 5.39 Å². The standard InChI is InChI=1S/C23H30N2O2S/c1-3-4-5-6-7-8-13-22(23-20-11-9-10-12-21(20)24-25-23)28(26,27)19-16-14-18(2)15-17-19/h9-12,14-17,22H,3-8,13H2,1-2H3,(H,24,25). The lowest BCUT2D eigenvalue weighted by Gasteiger charge is -2.17. The number of aromatic nitrogens is 2. The Bertz CT molecular complexity index is 991. The Hall–Kier alpha value is -2.14. The van der Waals surface area contributed by atoms with Crippen LogP contribution in [0.15, 0.2) is 53.4 Å². The molecule has 1 heterocycles. The van der Waals surface area contributed by atoms with Gasteiger partial charge in [0.15, 0.2) is 9.84 Å². The summed E-state index contributed by atoms with van der Waals surface area (Å²) in [6.45, 7) is 4.17. The summed E-state index contributed by atoms with van der Waals surface area (Å²) in [6, 6.07) is 14.9. The van der Waals surface area contributed by atoms with Crippen molar-refractivity contribution in [3.05, 3.63) is 59.8 Å². The van der Waals surface area contributed by atoms with E-state index in [2.05, 4.69) is 17.1 Å². The molecule has 1 atom stereocenters. The molecule has 0 aliphatic rings. The maximum atomic E-state index is 13.5. The van der Waals surface area contributed by atoms with E-state index in [9.17, 15) is 8.42 Å². The zero-order valence-corrected chi connectivity index (χ0v) is 17.6. The number of para-hydroxylation sites is 1. The highest BCUT2D eigenvalue weighted by Crippen LogP contribution is 2.36. The fourth-order valence-electron chi connectivity index (χ4n) is 3.68. The Labute approximate surface area is 168 Å². The van der Waals surface area contributed by atoms with E-state index in [4.69, 9.17) is 0 Å². The van der Waals surface area contributed by atoms with Gasteiger partial charge < -0.3 is 0 Å². The summed E-state index contributed by atoms with van der Waals surface area (Å²) in [5.41, 5.74) is 2.58. The van der Waals surface area contributed by atoms with Crippen molar-refractivity contribution in [2.24, 2.45) is 0 Å². The molecule has 3 rings (SSSR count). The number of sulfone groups is 1. The summed E-state index contributed by atoms with van der Waals surface area (Å²) < 4.78 is 27.0. The lowest BCUT2D eigenvalue weighted by Crippen LogP contribution is -2.15. The van der Waals surface area contributed by atoms with E-state index in [1.165, 1.54) is 19.3 Å². The van der Waals surface area contributed by atoms with Crippen molar-refractivity contribution in [3.8, 4) is 0 Å². The molecule has 0 aliphatic carbocycles. The normalized spacial score (nSPS) is 13.1. The van der Waals surface area contributed by atoms with Crippen LogP contribution in [0.5, 0.6) is 0 Å². The number of rotatable bonds is 10. The van der Waals surface area contributed by atoms with Gasteiger partial charge in [0.25, 0.3) is 0 Å². The minimum Gasteiger partial charge on any atom is -0.280 e. The SMILES string of the molecule is CCCCCCCCC(c1[nH]nc2ccccc12)S(=O)(=O)c1ccc(C)cc1. The number of aromatic amines is 1. The number of nitrogens with one attached hydrogen (secondary N) is 1. The van der Waals surface area contributed by atoms with Gasteiger partial charge in [-0.2, -0.15) is 5.10 Å². The van der Waals surface area contributed by atoms with Gasteiger partial charge in [0.1, 0.15) is 5.25 Å². The summed E-state index contributed by atoms with van der Waals surface area (Å²) in [5, 5.41) is 7.67. The second-order valence-corrected chi connectivity index (χ2v) is 9.69. The topological polar surface area (TPSA) is 62.8 Å². The molecule has 2 aromatic carbocycles. The number of hydrogen-bond acceptors (Lipinski definition) is 3. The number of unbranched alkanes of at least 4 members (excludes halogenated alkanes) is 5. The maximum Gasteiger partial charge on any atom is 0.186 e. The molecule has 0 saturated heterocycles. The Morgan fingerprint density at radius 2 is 1.61 bits per heavy atom. The molecule has 0 bridgehead atoms. The van der Waals surface area contributed by atoms with Crippen molar-refractivity contribution in [1.29, 1.82) is 0 Å². The molecule has 1 N–H and O–H groups in total. The number of benzene rings is 2. The summed E-state index contributed by atoms with van der Waals surface area (Å²) in [6.07, 6.45) is 7.40. The minimum atomic E-state index is -3.50. The van der Waals surface area contributed by atoms with Gasteiger partial charge >= 0.3 is 0 Å². The number of nitrogens with zero attached hydrogens (tertiary/aromatic N) is 1. The van der Waals surface area contributed by atoms with Crippen molar-refractivity contribution < 1.29 is 8.42 Å². The molecule has 150 valence electrons. The average Bonchev–Trinajstić information content (AvgIpc) is 3.11. The average molecular weight is 399 g/mol. The molecule has 5 heteroatoms. The number of H-pyrrole nitrogens is 1. The summed E-state index contributed by atoms with van der Waals surface area (Å²) in [5.74, 6) is 0. The monoisotopic (exact) mass is 398 g/mol. The van der Waals surface area contributed by atoms with Crippen LogP contribution in [0, 0.1) is 6.92 Å². The Kier molecular flexibility index (Phi) is 6.89. The summed E-state index contributed by atoms with van der Waals surface area (Å²) in [4.78, 5) is 0.382. The second kappa shape index (κ2) is 9.37. The van der Waals surface area contributed by atoms with Crippen LogP contribution in [0.4, 0.5) is 0 Å². The quantitative estimate of drug-likeness (QED) is 0.417. The first kappa shape index (κ1) is 20.6. The first-order valence-electron chi connectivity index (χ1n) is 10.3. The van der Waals surface area contributed by atoms with Gasteiger partial charge in [-0.15, -0.1) is 0 Å². The molecule has 4 nitrogen and oxygen atoms in total. The third-order valence-corrected chi connectivity index (χ3v) is 7.51. The Morgan fingerprint density at radius 1 is 0.929 bits per heavy atom. The Morgan fingerprint density at radius 3 is 2.36 bits per heavy atom. The van der Waals surface area contributed by atoms with Gasteiger partial charge in [0.2, 0.25) is 0 Å². The maximum absolute atomic E-state index is 13.5. The highest BCUT2D eigenvalue weighted by atomic mass is 32.2. The van der Waals surface area contributed by atoms with Crippen molar-refractivity contribution in [2.75, 3.05) is 0 Å². The van der Waals surface area contributed by atoms with Crippen molar-refractivity contribution in [3.63, 3.8) is 0 Å². The Balaban J connectivity index is 1.89. The summed E-state index contributed by atoms with van der Waals surface area (Å²) in [7, 11) is -3.50. The molecule has 0 fully saturated rings. The number of aryl methyl sites for hydroxylation is 1. The van der Waals surface area contributed by atoms with Gasteiger partial charge in [-0.1, -0.05) is 81.3 Å². The van der Waals surface area contributed by atoms with Crippen LogP contribution in [0.3, 0.4) is 0 Å². The molecular weight excluding hydrogens is 368 g/mol. The third-order valence-electron chi connectivity index (χ3n) is 5.36. The molecule has 0 amide bonds. The van der Waals surface area contributed by atoms with Gasteiger partial charge in [-0.05, 0) is 31.5 Å². The van der Waals surface area contributed by atoms with Crippen LogP contribution in [0.2, 0.25) is 0 Å². The molecule has 3 aromatic rings. The predicted octanol–water partition coefficient (Wildman–Crippen LogP) is 6.14. The van der Waals surface area contributed by atoms with Crippen LogP contribution >= 0.6 is 0 Å². The molecule has 0 aliphatic heterocycles. The van der Waals surface area contributed by atoms with Crippen molar-refractivity contribution in [1.82, 2.24) is 10.2 Å². The van der Waals surface area contributed by atoms with Gasteiger partial charge in [-0.3, -0.25) is 5.10 Å². The largest absolute Gasteiger partial charge is 0.280 e. The smallest absolute Gasteiger partial charge is 0.186 e. The van der Waals surface area contributed by atoms with Gasteiger partial charge in [0.05, 0.1) is 16.1 Å². The van der Waals surface area contributed by atoms with Crippen LogP contribution in [-0.4, -0.2) is 18.6 Å². The van der Waals surface area contributed by atoms with Crippen LogP contribution in [-0.2, 0) is 9.84 Å². The second-order valence-electron chi connectivity index (χ2n) is 7.56. The fourth-order valence-corrected chi connectivity index (χ4v) is 5.49. The highest BCUT2D eigenvalue weighted by molar-refractivity contribution is 7.91. The van der Waals surface area contributed by atoms with E-state index in [1.54, 1.807) is 12.1 Å². The van der Waals surface area contributed by atoms with E-state index in [0.717, 1.165) is 35.7 Å². The number of hydrogen-bond donors (Lipinski definition) is 1. The van der Waals surface area contributed by atoms with Crippen molar-refractivity contribution >= 4 is 20.7 Å². The van der Waals surface area contributed by atoms with Gasteiger partial charge in [-0.25, -0.2) is 8.42 Å². The molecule has 0 spiro atoms. The molecular formula is C23H30N2O2S. The zero-order chi connectivity index (χ0) is 20.0. The molecule has 1 aromatic heterocycles. The first-order valence-corrected chi connectivity index (χ1v) is 11.8. The van der Waals surface area contributed by atoms with Crippen molar-refractivity contribution in [2.45, 2.75) is 68.9 Å². The number of fused-ring (bicyclic) bond motifs is 1. The van der Waals surface area contributed by atoms with E-state index in [-0.39, 0.29) is 0 Å². The van der Waals surface area contributed by atoms with E-state index < -0.39 is 15.1 Å². The first-order chi connectivity index (χ1) is 13.5. The van der Waals surface area contributed by atoms with Crippen LogP contribution in [0.1, 0.15) is 68.4 Å². The molecule has 0 saturated carbocycles.